The minimum atomic E-state index is -0.478. The van der Waals surface area contributed by atoms with Crippen molar-refractivity contribution in [3.05, 3.63) is 29.3 Å². The van der Waals surface area contributed by atoms with Gasteiger partial charge in [0, 0.05) is 27.2 Å². The summed E-state index contributed by atoms with van der Waals surface area (Å²) < 4.78 is 5.13. The van der Waals surface area contributed by atoms with Crippen LogP contribution in [-0.4, -0.2) is 56.1 Å². The first-order chi connectivity index (χ1) is 11.0. The van der Waals surface area contributed by atoms with Gasteiger partial charge in [0.15, 0.2) is 0 Å². The number of methoxy groups -OCH3 is 1. The smallest absolute Gasteiger partial charge is 0.249 e. The van der Waals surface area contributed by atoms with Crippen molar-refractivity contribution in [3.63, 3.8) is 0 Å². The molecule has 7 heteroatoms. The van der Waals surface area contributed by atoms with Crippen molar-refractivity contribution < 1.29 is 14.3 Å². The van der Waals surface area contributed by atoms with Crippen LogP contribution in [0.15, 0.2) is 24.3 Å². The number of amides is 2. The molecule has 126 valence electrons. The molecule has 0 radical (unpaired) electrons. The molecule has 0 bridgehead atoms. The van der Waals surface area contributed by atoms with Crippen molar-refractivity contribution in [2.45, 2.75) is 25.0 Å². The predicted molar refractivity (Wildman–Crippen MR) is 89.4 cm³/mol. The fraction of sp³-hybridized carbons (Fsp3) is 0.500. The molecule has 2 amide bonds. The van der Waals surface area contributed by atoms with E-state index in [9.17, 15) is 9.59 Å². The number of para-hydroxylation sites is 1. The van der Waals surface area contributed by atoms with Crippen molar-refractivity contribution in [2.75, 3.05) is 32.1 Å². The van der Waals surface area contributed by atoms with E-state index in [1.54, 1.807) is 24.1 Å². The molecule has 0 saturated carbocycles. The molecule has 1 aliphatic heterocycles. The van der Waals surface area contributed by atoms with Gasteiger partial charge in [-0.3, -0.25) is 9.59 Å². The van der Waals surface area contributed by atoms with E-state index >= 15 is 0 Å². The van der Waals surface area contributed by atoms with Gasteiger partial charge in [-0.1, -0.05) is 23.7 Å². The average Bonchev–Trinajstić information content (AvgIpc) is 2.93. The first kappa shape index (κ1) is 17.7. The molecule has 0 aliphatic carbocycles. The third-order valence-corrected chi connectivity index (χ3v) is 4.50. The summed E-state index contributed by atoms with van der Waals surface area (Å²) in [7, 11) is 3.16. The molecule has 1 aromatic carbocycles. The maximum Gasteiger partial charge on any atom is 0.249 e. The second kappa shape index (κ2) is 7.77. The van der Waals surface area contributed by atoms with Crippen LogP contribution in [0.1, 0.15) is 12.8 Å². The molecule has 1 heterocycles. The van der Waals surface area contributed by atoms with Crippen molar-refractivity contribution in [1.29, 1.82) is 0 Å². The third kappa shape index (κ3) is 3.83. The number of halogens is 1. The van der Waals surface area contributed by atoms with Crippen molar-refractivity contribution in [1.82, 2.24) is 4.90 Å². The highest BCUT2D eigenvalue weighted by atomic mass is 35.5. The van der Waals surface area contributed by atoms with E-state index in [0.29, 0.717) is 23.7 Å². The number of ether oxygens (including phenoxy) is 1. The van der Waals surface area contributed by atoms with Gasteiger partial charge in [-0.05, 0) is 18.6 Å². The zero-order valence-corrected chi connectivity index (χ0v) is 14.1. The minimum Gasteiger partial charge on any atom is -0.380 e. The number of hydrogen-bond acceptors (Lipinski definition) is 4. The van der Waals surface area contributed by atoms with Crippen LogP contribution >= 0.6 is 11.6 Å². The van der Waals surface area contributed by atoms with Gasteiger partial charge >= 0.3 is 0 Å². The van der Waals surface area contributed by atoms with Gasteiger partial charge in [0.1, 0.15) is 6.04 Å². The highest BCUT2D eigenvalue weighted by Gasteiger charge is 2.38. The Morgan fingerprint density at radius 3 is 2.83 bits per heavy atom. The van der Waals surface area contributed by atoms with Gasteiger partial charge in [-0.15, -0.1) is 0 Å². The zero-order valence-electron chi connectivity index (χ0n) is 13.4. The Morgan fingerprint density at radius 1 is 1.52 bits per heavy atom. The molecule has 1 fully saturated rings. The fourth-order valence-electron chi connectivity index (χ4n) is 2.71. The van der Waals surface area contributed by atoms with Crippen LogP contribution in [0.4, 0.5) is 5.69 Å². The first-order valence-corrected chi connectivity index (χ1v) is 7.91. The molecule has 2 rings (SSSR count). The lowest BCUT2D eigenvalue weighted by Crippen LogP contribution is -2.44. The highest BCUT2D eigenvalue weighted by Crippen LogP contribution is 2.30. The van der Waals surface area contributed by atoms with E-state index in [1.807, 2.05) is 12.1 Å². The molecular formula is C16H22ClN3O3. The summed E-state index contributed by atoms with van der Waals surface area (Å²) in [4.78, 5) is 28.1. The van der Waals surface area contributed by atoms with Crippen LogP contribution in [-0.2, 0) is 14.3 Å². The summed E-state index contributed by atoms with van der Waals surface area (Å²) in [5, 5.41) is 0.526. The molecular weight excluding hydrogens is 318 g/mol. The molecule has 0 aromatic heterocycles. The van der Waals surface area contributed by atoms with Gasteiger partial charge in [0.25, 0.3) is 0 Å². The Bertz CT molecular complexity index is 577. The molecule has 2 N–H and O–H groups in total. The molecule has 1 saturated heterocycles. The lowest BCUT2D eigenvalue weighted by Gasteiger charge is -2.25. The SMILES string of the molecule is COC(CN)CC(=O)N(C)C1CCN(c2ccccc2Cl)C1=O. The number of carbonyl (C=O) groups excluding carboxylic acids is 2. The molecule has 1 aliphatic rings. The van der Waals surface area contributed by atoms with Crippen LogP contribution in [0.2, 0.25) is 5.02 Å². The van der Waals surface area contributed by atoms with Gasteiger partial charge < -0.3 is 20.3 Å². The average molecular weight is 340 g/mol. The molecule has 2 unspecified atom stereocenters. The summed E-state index contributed by atoms with van der Waals surface area (Å²) in [6, 6.07) is 6.73. The third-order valence-electron chi connectivity index (χ3n) is 4.18. The Labute approximate surface area is 141 Å². The number of carbonyl (C=O) groups is 2. The number of anilines is 1. The lowest BCUT2D eigenvalue weighted by atomic mass is 10.1. The number of likely N-dealkylation sites (N-methyl/N-ethyl adjacent to an activating group) is 1. The van der Waals surface area contributed by atoms with E-state index in [2.05, 4.69) is 0 Å². The van der Waals surface area contributed by atoms with Crippen molar-refractivity contribution in [2.24, 2.45) is 5.73 Å². The van der Waals surface area contributed by atoms with E-state index in [0.717, 1.165) is 0 Å². The standard InChI is InChI=1S/C16H22ClN3O3/c1-19(15(21)9-11(10-18)23-2)14-7-8-20(16(14)22)13-6-4-3-5-12(13)17/h3-6,11,14H,7-10,18H2,1-2H3. The van der Waals surface area contributed by atoms with E-state index in [4.69, 9.17) is 22.1 Å². The van der Waals surface area contributed by atoms with Crippen LogP contribution < -0.4 is 10.6 Å². The van der Waals surface area contributed by atoms with Crippen LogP contribution in [0, 0.1) is 0 Å². The first-order valence-electron chi connectivity index (χ1n) is 7.54. The van der Waals surface area contributed by atoms with E-state index in [-0.39, 0.29) is 30.9 Å². The highest BCUT2D eigenvalue weighted by molar-refractivity contribution is 6.34. The summed E-state index contributed by atoms with van der Waals surface area (Å²) in [6.45, 7) is 0.801. The van der Waals surface area contributed by atoms with Crippen molar-refractivity contribution >= 4 is 29.1 Å². The fourth-order valence-corrected chi connectivity index (χ4v) is 2.95. The van der Waals surface area contributed by atoms with Gasteiger partial charge in [0.2, 0.25) is 11.8 Å². The summed E-state index contributed by atoms with van der Waals surface area (Å²) in [6.07, 6.45) is 0.410. The minimum absolute atomic E-state index is 0.115. The van der Waals surface area contributed by atoms with Crippen LogP contribution in [0.3, 0.4) is 0 Å². The Balaban J connectivity index is 2.06. The second-order valence-corrected chi connectivity index (χ2v) is 5.96. The normalized spacial score (nSPS) is 19.0. The zero-order chi connectivity index (χ0) is 17.0. The Morgan fingerprint density at radius 2 is 2.22 bits per heavy atom. The topological polar surface area (TPSA) is 75.9 Å². The van der Waals surface area contributed by atoms with Gasteiger partial charge in [0.05, 0.1) is 23.2 Å². The molecule has 1 aromatic rings. The number of nitrogens with two attached hydrogens (primary N) is 1. The number of hydrogen-bond donors (Lipinski definition) is 1. The van der Waals surface area contributed by atoms with Gasteiger partial charge in [-0.2, -0.15) is 0 Å². The maximum atomic E-state index is 12.6. The largest absolute Gasteiger partial charge is 0.380 e. The second-order valence-electron chi connectivity index (χ2n) is 5.55. The predicted octanol–water partition coefficient (Wildman–Crippen LogP) is 1.27. The lowest BCUT2D eigenvalue weighted by molar-refractivity contribution is -0.138. The monoisotopic (exact) mass is 339 g/mol. The summed E-state index contributed by atoms with van der Waals surface area (Å²) in [5.74, 6) is -0.266. The number of nitrogens with zero attached hydrogens (tertiary/aromatic N) is 2. The van der Waals surface area contributed by atoms with Gasteiger partial charge in [-0.25, -0.2) is 0 Å². The van der Waals surface area contributed by atoms with Crippen LogP contribution in [0.5, 0.6) is 0 Å². The van der Waals surface area contributed by atoms with Crippen LogP contribution in [0.25, 0.3) is 0 Å². The number of benzene rings is 1. The quantitative estimate of drug-likeness (QED) is 0.846. The molecule has 2 atom stereocenters. The Hall–Kier alpha value is -1.63. The molecule has 23 heavy (non-hydrogen) atoms. The maximum absolute atomic E-state index is 12.6. The molecule has 6 nitrogen and oxygen atoms in total. The Kier molecular flexibility index (Phi) is 5.98. The summed E-state index contributed by atoms with van der Waals surface area (Å²) in [5.41, 5.74) is 6.22. The number of rotatable bonds is 6. The van der Waals surface area contributed by atoms with Crippen molar-refractivity contribution in [3.8, 4) is 0 Å². The summed E-state index contributed by atoms with van der Waals surface area (Å²) >= 11 is 6.16. The van der Waals surface area contributed by atoms with E-state index in [1.165, 1.54) is 12.0 Å². The van der Waals surface area contributed by atoms with E-state index < -0.39 is 6.04 Å². The molecule has 0 spiro atoms.